The van der Waals surface area contributed by atoms with Crippen molar-refractivity contribution in [1.29, 1.82) is 0 Å². The molecule has 15 heavy (non-hydrogen) atoms. The van der Waals surface area contributed by atoms with E-state index in [9.17, 15) is 18.3 Å². The number of carbonyl (C=O) groups is 1. The highest BCUT2D eigenvalue weighted by Gasteiger charge is 2.39. The Balaban J connectivity index is 2.75. The quantitative estimate of drug-likeness (QED) is 0.770. The predicted molar refractivity (Wildman–Crippen MR) is 53.6 cm³/mol. The average Bonchev–Trinajstić information content (AvgIpc) is 2.40. The Kier molecular flexibility index (Phi) is 2.08. The van der Waals surface area contributed by atoms with E-state index in [2.05, 4.69) is 0 Å². The molecule has 80 valence electrons. The lowest BCUT2D eigenvalue weighted by Gasteiger charge is -2.06. The largest absolute Gasteiger partial charge is 0.508 e. The van der Waals surface area contributed by atoms with Crippen LogP contribution in [0.1, 0.15) is 18.4 Å². The van der Waals surface area contributed by atoms with E-state index in [-0.39, 0.29) is 27.7 Å². The lowest BCUT2D eigenvalue weighted by Crippen LogP contribution is -2.11. The fourth-order valence-corrected chi connectivity index (χ4v) is 3.75. The molecule has 4 nitrogen and oxygen atoms in total. The minimum absolute atomic E-state index is 0.0858. The molecule has 1 aliphatic rings. The van der Waals surface area contributed by atoms with E-state index in [4.69, 9.17) is 0 Å². The second-order valence-electron chi connectivity index (χ2n) is 3.63. The molecule has 1 aliphatic heterocycles. The monoisotopic (exact) mass is 226 g/mol. The van der Waals surface area contributed by atoms with Crippen LogP contribution >= 0.6 is 0 Å². The van der Waals surface area contributed by atoms with Gasteiger partial charge in [-0.15, -0.1) is 0 Å². The van der Waals surface area contributed by atoms with Crippen molar-refractivity contribution in [1.82, 2.24) is 0 Å². The summed E-state index contributed by atoms with van der Waals surface area (Å²) in [6.45, 7) is 1.34. The van der Waals surface area contributed by atoms with Gasteiger partial charge in [0, 0.05) is 5.56 Å². The van der Waals surface area contributed by atoms with Crippen molar-refractivity contribution >= 4 is 15.6 Å². The number of hydrogen-bond acceptors (Lipinski definition) is 4. The lowest BCUT2D eigenvalue weighted by atomic mass is 9.97. The van der Waals surface area contributed by atoms with Crippen molar-refractivity contribution in [3.63, 3.8) is 0 Å². The van der Waals surface area contributed by atoms with E-state index >= 15 is 0 Å². The lowest BCUT2D eigenvalue weighted by molar-refractivity contribution is -0.118. The Labute approximate surface area is 87.5 Å². The summed E-state index contributed by atoms with van der Waals surface area (Å²) in [5.41, 5.74) is 0.255. The molecular weight excluding hydrogens is 216 g/mol. The molecule has 1 atom stereocenters. The molecule has 1 N–H and O–H groups in total. The number of ketones is 1. The fourth-order valence-electron chi connectivity index (χ4n) is 1.87. The molecule has 1 heterocycles. The minimum Gasteiger partial charge on any atom is -0.508 e. The van der Waals surface area contributed by atoms with Crippen LogP contribution < -0.4 is 0 Å². The van der Waals surface area contributed by atoms with Gasteiger partial charge in [0.05, 0.1) is 16.6 Å². The number of benzene rings is 1. The highest BCUT2D eigenvalue weighted by Crippen LogP contribution is 2.40. The van der Waals surface area contributed by atoms with Crippen molar-refractivity contribution < 1.29 is 18.3 Å². The van der Waals surface area contributed by atoms with Crippen molar-refractivity contribution in [2.45, 2.75) is 17.7 Å². The van der Waals surface area contributed by atoms with Crippen LogP contribution in [-0.4, -0.2) is 25.1 Å². The van der Waals surface area contributed by atoms with Crippen LogP contribution in [0.5, 0.6) is 5.75 Å². The first-order chi connectivity index (χ1) is 6.93. The van der Waals surface area contributed by atoms with Gasteiger partial charge < -0.3 is 5.11 Å². The molecule has 5 heteroatoms. The Morgan fingerprint density at radius 2 is 2.13 bits per heavy atom. The summed E-state index contributed by atoms with van der Waals surface area (Å²) < 4.78 is 23.3. The van der Waals surface area contributed by atoms with Gasteiger partial charge in [-0.2, -0.15) is 0 Å². The molecule has 0 saturated carbocycles. The normalized spacial score (nSPS) is 22.3. The van der Waals surface area contributed by atoms with Gasteiger partial charge in [0.2, 0.25) is 0 Å². The molecule has 1 aromatic rings. The summed E-state index contributed by atoms with van der Waals surface area (Å²) in [7, 11) is -3.40. The molecule has 0 amide bonds. The summed E-state index contributed by atoms with van der Waals surface area (Å²) in [5, 5.41) is 9.57. The Bertz CT molecular complexity index is 530. The molecule has 0 aromatic heterocycles. The van der Waals surface area contributed by atoms with Gasteiger partial charge in [-0.1, -0.05) is 6.07 Å². The first kappa shape index (κ1) is 10.2. The molecule has 2 rings (SSSR count). The van der Waals surface area contributed by atoms with Gasteiger partial charge in [-0.05, 0) is 19.1 Å². The maximum Gasteiger partial charge on any atom is 0.179 e. The van der Waals surface area contributed by atoms with E-state index in [1.165, 1.54) is 25.1 Å². The minimum atomic E-state index is -3.40. The Morgan fingerprint density at radius 3 is 2.73 bits per heavy atom. The highest BCUT2D eigenvalue weighted by atomic mass is 32.2. The van der Waals surface area contributed by atoms with Crippen LogP contribution in [0.2, 0.25) is 0 Å². The van der Waals surface area contributed by atoms with Crippen LogP contribution in [-0.2, 0) is 14.6 Å². The third-order valence-corrected chi connectivity index (χ3v) is 4.40. The number of fused-ring (bicyclic) bond motifs is 1. The molecule has 0 spiro atoms. The maximum absolute atomic E-state index is 11.7. The number of aromatic hydroxyl groups is 1. The molecule has 0 radical (unpaired) electrons. The van der Waals surface area contributed by atoms with E-state index in [0.29, 0.717) is 0 Å². The smallest absolute Gasteiger partial charge is 0.179 e. The molecule has 1 unspecified atom stereocenters. The van der Waals surface area contributed by atoms with E-state index in [1.807, 2.05) is 0 Å². The number of phenols is 1. The summed E-state index contributed by atoms with van der Waals surface area (Å²) in [6.07, 6.45) is 0. The third kappa shape index (κ3) is 1.43. The van der Waals surface area contributed by atoms with Crippen LogP contribution in [0, 0.1) is 0 Å². The van der Waals surface area contributed by atoms with Crippen LogP contribution in [0.15, 0.2) is 23.1 Å². The summed E-state index contributed by atoms with van der Waals surface area (Å²) in [5.74, 6) is -1.30. The summed E-state index contributed by atoms with van der Waals surface area (Å²) >= 11 is 0. The van der Waals surface area contributed by atoms with Gasteiger partial charge >= 0.3 is 0 Å². The van der Waals surface area contributed by atoms with E-state index in [0.717, 1.165) is 0 Å². The fraction of sp³-hybridized carbons (Fsp3) is 0.300. The number of sulfone groups is 1. The maximum atomic E-state index is 11.7. The second-order valence-corrected chi connectivity index (χ2v) is 5.64. The average molecular weight is 226 g/mol. The zero-order valence-corrected chi connectivity index (χ0v) is 8.91. The molecule has 0 fully saturated rings. The third-order valence-electron chi connectivity index (χ3n) is 2.60. The summed E-state index contributed by atoms with van der Waals surface area (Å²) in [6, 6.07) is 4.29. The topological polar surface area (TPSA) is 71.4 Å². The zero-order valence-electron chi connectivity index (χ0n) is 8.10. The van der Waals surface area contributed by atoms with Gasteiger partial charge in [0.25, 0.3) is 0 Å². The van der Waals surface area contributed by atoms with Crippen molar-refractivity contribution in [2.24, 2.45) is 0 Å². The van der Waals surface area contributed by atoms with E-state index in [1.54, 1.807) is 0 Å². The zero-order chi connectivity index (χ0) is 11.2. The second kappa shape index (κ2) is 3.06. The molecular formula is C10H10O4S. The Hall–Kier alpha value is -1.36. The summed E-state index contributed by atoms with van der Waals surface area (Å²) in [4.78, 5) is 11.4. The number of carbonyl (C=O) groups excluding carboxylic acids is 1. The first-order valence-electron chi connectivity index (χ1n) is 4.48. The van der Waals surface area contributed by atoms with Crippen molar-refractivity contribution in [3.05, 3.63) is 23.8 Å². The van der Waals surface area contributed by atoms with Crippen LogP contribution in [0.3, 0.4) is 0 Å². The number of hydrogen-bond donors (Lipinski definition) is 1. The Morgan fingerprint density at radius 1 is 1.47 bits per heavy atom. The predicted octanol–water partition coefficient (Wildman–Crippen LogP) is 0.852. The molecule has 0 aliphatic carbocycles. The van der Waals surface area contributed by atoms with E-state index < -0.39 is 15.8 Å². The molecule has 0 bridgehead atoms. The van der Waals surface area contributed by atoms with Crippen LogP contribution in [0.4, 0.5) is 0 Å². The SMILES string of the molecule is CC(=O)C1CS(=O)(=O)c2cccc(O)c21. The van der Waals surface area contributed by atoms with Gasteiger partial charge in [-0.25, -0.2) is 8.42 Å². The van der Waals surface area contributed by atoms with Crippen LogP contribution in [0.25, 0.3) is 0 Å². The van der Waals surface area contributed by atoms with Gasteiger partial charge in [0.15, 0.2) is 9.84 Å². The highest BCUT2D eigenvalue weighted by molar-refractivity contribution is 7.91. The molecule has 0 saturated heterocycles. The standard InChI is InChI=1S/C10H10O4S/c1-6(11)7-5-15(13,14)9-4-2-3-8(12)10(7)9/h2-4,7,12H,5H2,1H3. The van der Waals surface area contributed by atoms with Gasteiger partial charge in [-0.3, -0.25) is 4.79 Å². The number of phenolic OH excluding ortho intramolecular Hbond substituents is 1. The number of rotatable bonds is 1. The van der Waals surface area contributed by atoms with Gasteiger partial charge in [0.1, 0.15) is 11.5 Å². The van der Waals surface area contributed by atoms with Crippen molar-refractivity contribution in [2.75, 3.05) is 5.75 Å². The van der Waals surface area contributed by atoms with Crippen molar-refractivity contribution in [3.8, 4) is 5.75 Å². The molecule has 1 aromatic carbocycles. The first-order valence-corrected chi connectivity index (χ1v) is 6.14. The number of Topliss-reactive ketones (excluding diaryl/α,β-unsaturated/α-hetero) is 1.